The van der Waals surface area contributed by atoms with Crippen LogP contribution in [0.5, 0.6) is 0 Å². The molecule has 0 saturated carbocycles. The van der Waals surface area contributed by atoms with Crippen molar-refractivity contribution in [3.63, 3.8) is 0 Å². The summed E-state index contributed by atoms with van der Waals surface area (Å²) in [4.78, 5) is 0. The molecule has 6 nitrogen and oxygen atoms in total. The van der Waals surface area contributed by atoms with Gasteiger partial charge in [-0.05, 0) is 12.5 Å². The molecule has 0 aliphatic carbocycles. The molecule has 0 saturated heterocycles. The monoisotopic (exact) mass is 282 g/mol. The highest BCUT2D eigenvalue weighted by Crippen LogP contribution is 2.02. The minimum Gasteiger partial charge on any atom is -0.286 e. The van der Waals surface area contributed by atoms with E-state index in [-0.39, 0.29) is 11.5 Å². The molecule has 0 atom stereocenters. The molecule has 1 rings (SSSR count). The summed E-state index contributed by atoms with van der Waals surface area (Å²) in [5.74, 6) is -0.513. The minimum atomic E-state index is -3.88. The zero-order chi connectivity index (χ0) is 13.5. The summed E-state index contributed by atoms with van der Waals surface area (Å²) in [6.45, 7) is 1.37. The van der Waals surface area contributed by atoms with Crippen LogP contribution in [0, 0.1) is 0 Å². The molecule has 17 heavy (non-hydrogen) atoms. The topological polar surface area (TPSA) is 109 Å². The fraction of sp³-hybridized carbons (Fsp3) is 0.333. The van der Waals surface area contributed by atoms with E-state index in [9.17, 15) is 16.8 Å². The van der Waals surface area contributed by atoms with E-state index in [1.807, 2.05) is 0 Å². The van der Waals surface area contributed by atoms with E-state index in [2.05, 4.69) is 0 Å². The standard InChI is InChI=1S/C7H8O3S.C2H6O3S/c8-11(9,10)6-7-4-2-1-3-5-7;1-2-6(3,4)5/h1-5H,6H2,(H,8,9,10);2H2,1H3,(H,3,4,5). The van der Waals surface area contributed by atoms with Gasteiger partial charge in [-0.2, -0.15) is 16.8 Å². The molecule has 1 aromatic carbocycles. The third-order valence-corrected chi connectivity index (χ3v) is 2.98. The molecule has 8 heteroatoms. The average Bonchev–Trinajstić information content (AvgIpc) is 2.16. The van der Waals surface area contributed by atoms with Crippen LogP contribution in [0.2, 0.25) is 0 Å². The van der Waals surface area contributed by atoms with Crippen LogP contribution < -0.4 is 0 Å². The molecule has 0 heterocycles. The van der Waals surface area contributed by atoms with E-state index in [1.165, 1.54) is 6.92 Å². The maximum absolute atomic E-state index is 10.4. The Hall–Kier alpha value is -0.960. The predicted molar refractivity (Wildman–Crippen MR) is 63.8 cm³/mol. The Morgan fingerprint density at radius 3 is 1.65 bits per heavy atom. The highest BCUT2D eigenvalue weighted by Gasteiger charge is 2.04. The third-order valence-electron chi connectivity index (χ3n) is 1.56. The molecule has 1 aromatic rings. The molecule has 0 aliphatic heterocycles. The van der Waals surface area contributed by atoms with Gasteiger partial charge in [0, 0.05) is 0 Å². The van der Waals surface area contributed by atoms with E-state index in [0.29, 0.717) is 5.56 Å². The van der Waals surface area contributed by atoms with Crippen molar-refractivity contribution in [1.29, 1.82) is 0 Å². The molecule has 0 aliphatic rings. The Morgan fingerprint density at radius 2 is 1.35 bits per heavy atom. The second-order valence-corrected chi connectivity index (χ2v) is 6.28. The van der Waals surface area contributed by atoms with Crippen LogP contribution in [0.4, 0.5) is 0 Å². The molecule has 0 aromatic heterocycles. The van der Waals surface area contributed by atoms with E-state index in [4.69, 9.17) is 9.11 Å². The molecular weight excluding hydrogens is 268 g/mol. The SMILES string of the molecule is CCS(=O)(=O)O.O=S(=O)(O)Cc1ccccc1. The highest BCUT2D eigenvalue weighted by molar-refractivity contribution is 7.85. The molecule has 98 valence electrons. The minimum absolute atomic E-state index is 0.201. The quantitative estimate of drug-likeness (QED) is 0.799. The average molecular weight is 282 g/mol. The molecule has 0 spiro atoms. The van der Waals surface area contributed by atoms with Gasteiger partial charge in [-0.25, -0.2) is 0 Å². The van der Waals surface area contributed by atoms with Gasteiger partial charge in [0.15, 0.2) is 0 Å². The molecule has 0 fully saturated rings. The van der Waals surface area contributed by atoms with Gasteiger partial charge >= 0.3 is 0 Å². The van der Waals surface area contributed by atoms with Gasteiger partial charge < -0.3 is 0 Å². The van der Waals surface area contributed by atoms with E-state index < -0.39 is 20.2 Å². The van der Waals surface area contributed by atoms with Crippen LogP contribution in [0.15, 0.2) is 30.3 Å². The Morgan fingerprint density at radius 1 is 0.941 bits per heavy atom. The van der Waals surface area contributed by atoms with Crippen molar-refractivity contribution >= 4 is 20.2 Å². The number of hydrogen-bond acceptors (Lipinski definition) is 4. The van der Waals surface area contributed by atoms with Crippen molar-refractivity contribution in [2.24, 2.45) is 0 Å². The van der Waals surface area contributed by atoms with Gasteiger partial charge in [-0.3, -0.25) is 9.11 Å². The van der Waals surface area contributed by atoms with Crippen molar-refractivity contribution in [2.75, 3.05) is 5.75 Å². The van der Waals surface area contributed by atoms with Crippen LogP contribution in [0.25, 0.3) is 0 Å². The lowest BCUT2D eigenvalue weighted by atomic mass is 10.2. The van der Waals surface area contributed by atoms with Gasteiger partial charge in [0.25, 0.3) is 20.2 Å². The third kappa shape index (κ3) is 11.3. The second-order valence-electron chi connectivity index (χ2n) is 3.08. The molecule has 0 amide bonds. The van der Waals surface area contributed by atoms with Crippen LogP contribution >= 0.6 is 0 Å². The van der Waals surface area contributed by atoms with Gasteiger partial charge in [-0.15, -0.1) is 0 Å². The Labute approximate surface area is 101 Å². The highest BCUT2D eigenvalue weighted by atomic mass is 32.2. The fourth-order valence-electron chi connectivity index (χ4n) is 0.785. The summed E-state index contributed by atoms with van der Waals surface area (Å²) in [6.07, 6.45) is 0. The van der Waals surface area contributed by atoms with Crippen LogP contribution in [0.3, 0.4) is 0 Å². The maximum atomic E-state index is 10.4. The lowest BCUT2D eigenvalue weighted by molar-refractivity contribution is 0.480. The van der Waals surface area contributed by atoms with Crippen molar-refractivity contribution in [1.82, 2.24) is 0 Å². The molecule has 0 bridgehead atoms. The van der Waals surface area contributed by atoms with Crippen molar-refractivity contribution < 1.29 is 25.9 Å². The lowest BCUT2D eigenvalue weighted by Gasteiger charge is -1.95. The van der Waals surface area contributed by atoms with E-state index in [0.717, 1.165) is 0 Å². The Balaban J connectivity index is 0.000000366. The maximum Gasteiger partial charge on any atom is 0.269 e. The fourth-order valence-corrected chi connectivity index (χ4v) is 1.40. The van der Waals surface area contributed by atoms with Crippen LogP contribution in [-0.2, 0) is 26.0 Å². The summed E-state index contributed by atoms with van der Waals surface area (Å²) >= 11 is 0. The number of rotatable bonds is 3. The summed E-state index contributed by atoms with van der Waals surface area (Å²) in [5.41, 5.74) is 0.593. The number of benzene rings is 1. The molecule has 0 unspecified atom stereocenters. The summed E-state index contributed by atoms with van der Waals surface area (Å²) in [5, 5.41) is 0. The number of hydrogen-bond donors (Lipinski definition) is 2. The summed E-state index contributed by atoms with van der Waals surface area (Å²) in [6, 6.07) is 8.52. The van der Waals surface area contributed by atoms with Crippen LogP contribution in [-0.4, -0.2) is 31.7 Å². The van der Waals surface area contributed by atoms with E-state index >= 15 is 0 Å². The zero-order valence-electron chi connectivity index (χ0n) is 9.14. The predicted octanol–water partition coefficient (Wildman–Crippen LogP) is 0.968. The normalized spacial score (nSPS) is 11.5. The smallest absolute Gasteiger partial charge is 0.269 e. The Bertz CT molecular complexity index is 518. The molecular formula is C9H14O6S2. The van der Waals surface area contributed by atoms with Gasteiger partial charge in [-0.1, -0.05) is 30.3 Å². The Kier molecular flexibility index (Phi) is 6.32. The first-order valence-corrected chi connectivity index (χ1v) is 7.80. The first-order chi connectivity index (χ1) is 7.64. The summed E-state index contributed by atoms with van der Waals surface area (Å²) < 4.78 is 56.1. The van der Waals surface area contributed by atoms with Gasteiger partial charge in [0.2, 0.25) is 0 Å². The summed E-state index contributed by atoms with van der Waals surface area (Å²) in [7, 11) is -7.54. The van der Waals surface area contributed by atoms with Crippen molar-refractivity contribution in [3.8, 4) is 0 Å². The molecule has 0 radical (unpaired) electrons. The molecule has 2 N–H and O–H groups in total. The first kappa shape index (κ1) is 16.0. The lowest BCUT2D eigenvalue weighted by Crippen LogP contribution is -2.00. The zero-order valence-corrected chi connectivity index (χ0v) is 10.8. The van der Waals surface area contributed by atoms with Gasteiger partial charge in [0.1, 0.15) is 5.75 Å². The second kappa shape index (κ2) is 6.70. The first-order valence-electron chi connectivity index (χ1n) is 4.58. The van der Waals surface area contributed by atoms with Crippen molar-refractivity contribution in [3.05, 3.63) is 35.9 Å². The largest absolute Gasteiger partial charge is 0.286 e. The van der Waals surface area contributed by atoms with E-state index in [1.54, 1.807) is 30.3 Å². The van der Waals surface area contributed by atoms with Crippen molar-refractivity contribution in [2.45, 2.75) is 12.7 Å². The van der Waals surface area contributed by atoms with Crippen LogP contribution in [0.1, 0.15) is 12.5 Å². The van der Waals surface area contributed by atoms with Gasteiger partial charge in [0.05, 0.1) is 5.75 Å².